The molecule has 1 fully saturated rings. The average Bonchev–Trinajstić information content (AvgIpc) is 2.01. The maximum atomic E-state index is 11.2. The first-order valence-corrected chi connectivity index (χ1v) is 6.15. The number of carbonyl (C=O) groups excluding carboxylic acids is 1. The summed E-state index contributed by atoms with van der Waals surface area (Å²) in [6.07, 6.45) is 0.0950. The largest absolute Gasteiger partial charge is 0.461 e. The first kappa shape index (κ1) is 11.8. The Morgan fingerprint density at radius 1 is 1.57 bits per heavy atom. The van der Waals surface area contributed by atoms with E-state index >= 15 is 0 Å². The first-order chi connectivity index (χ1) is 6.41. The van der Waals surface area contributed by atoms with Crippen LogP contribution in [-0.2, 0) is 13.7 Å². The van der Waals surface area contributed by atoms with Crippen LogP contribution in [0.15, 0.2) is 0 Å². The molecule has 1 aliphatic rings. The molecule has 0 aliphatic carbocycles. The lowest BCUT2D eigenvalue weighted by Crippen LogP contribution is -2.33. The van der Waals surface area contributed by atoms with Gasteiger partial charge < -0.3 is 13.8 Å². The Balaban J connectivity index is 2.42. The molecule has 1 aliphatic heterocycles. The van der Waals surface area contributed by atoms with Crippen molar-refractivity contribution in [3.63, 3.8) is 0 Å². The van der Waals surface area contributed by atoms with Crippen LogP contribution in [-0.4, -0.2) is 33.5 Å². The van der Waals surface area contributed by atoms with Crippen molar-refractivity contribution < 1.29 is 22.8 Å². The third-order valence-electron chi connectivity index (χ3n) is 1.87. The number of hydrogen-bond donors (Lipinski definition) is 2. The standard InChI is InChI=1S/C8H16O5S/c1-6(2)8(9)13-7-3-4-12-14(10,11)5-7/h6-7,10-11H,3-5H2,1-2H3. The van der Waals surface area contributed by atoms with Gasteiger partial charge in [0, 0.05) is 6.42 Å². The van der Waals surface area contributed by atoms with Gasteiger partial charge in [-0.15, -0.1) is 0 Å². The lowest BCUT2D eigenvalue weighted by Gasteiger charge is -2.35. The second kappa shape index (κ2) is 4.48. The fourth-order valence-electron chi connectivity index (χ4n) is 1.08. The molecule has 0 bridgehead atoms. The second-order valence-corrected chi connectivity index (χ2v) is 5.38. The molecule has 0 spiro atoms. The van der Waals surface area contributed by atoms with Gasteiger partial charge in [0.25, 0.3) is 0 Å². The van der Waals surface area contributed by atoms with Crippen LogP contribution in [0.1, 0.15) is 20.3 Å². The highest BCUT2D eigenvalue weighted by molar-refractivity contribution is 8.20. The molecule has 1 unspecified atom stereocenters. The molecule has 2 N–H and O–H groups in total. The summed E-state index contributed by atoms with van der Waals surface area (Å²) in [4.78, 5) is 11.2. The van der Waals surface area contributed by atoms with E-state index in [0.717, 1.165) is 0 Å². The molecule has 0 aromatic carbocycles. The zero-order valence-corrected chi connectivity index (χ0v) is 9.12. The Labute approximate surface area is 85.0 Å². The van der Waals surface area contributed by atoms with Crippen molar-refractivity contribution in [2.45, 2.75) is 26.4 Å². The van der Waals surface area contributed by atoms with Gasteiger partial charge in [-0.3, -0.25) is 8.98 Å². The summed E-state index contributed by atoms with van der Waals surface area (Å²) >= 11 is 0. The van der Waals surface area contributed by atoms with E-state index in [1.807, 2.05) is 0 Å². The van der Waals surface area contributed by atoms with Crippen LogP contribution in [0.2, 0.25) is 0 Å². The molecule has 0 radical (unpaired) electrons. The highest BCUT2D eigenvalue weighted by Crippen LogP contribution is 2.44. The normalized spacial score (nSPS) is 28.5. The first-order valence-electron chi connectivity index (χ1n) is 4.51. The predicted octanol–water partition coefficient (Wildman–Crippen LogP) is 1.64. The third kappa shape index (κ3) is 3.45. The number of esters is 1. The van der Waals surface area contributed by atoms with E-state index in [1.54, 1.807) is 13.8 Å². The summed E-state index contributed by atoms with van der Waals surface area (Å²) in [5.41, 5.74) is 0. The van der Waals surface area contributed by atoms with E-state index in [0.29, 0.717) is 6.42 Å². The van der Waals surface area contributed by atoms with Gasteiger partial charge in [-0.2, -0.15) is 0 Å². The Hall–Kier alpha value is -0.300. The SMILES string of the molecule is CC(C)C(=O)OC1CCOS(O)(O)C1. The Morgan fingerprint density at radius 3 is 2.71 bits per heavy atom. The van der Waals surface area contributed by atoms with E-state index in [4.69, 9.17) is 8.92 Å². The summed E-state index contributed by atoms with van der Waals surface area (Å²) in [5, 5.41) is 0. The van der Waals surface area contributed by atoms with Crippen molar-refractivity contribution in [1.82, 2.24) is 0 Å². The fourth-order valence-corrected chi connectivity index (χ4v) is 2.26. The van der Waals surface area contributed by atoms with Gasteiger partial charge in [0.1, 0.15) is 6.10 Å². The molecule has 0 aromatic rings. The minimum Gasteiger partial charge on any atom is -0.461 e. The smallest absolute Gasteiger partial charge is 0.308 e. The van der Waals surface area contributed by atoms with Crippen molar-refractivity contribution >= 4 is 16.8 Å². The molecule has 6 heteroatoms. The van der Waals surface area contributed by atoms with E-state index in [-0.39, 0.29) is 24.2 Å². The van der Waals surface area contributed by atoms with Crippen LogP contribution in [0.3, 0.4) is 0 Å². The summed E-state index contributed by atoms with van der Waals surface area (Å²) in [6, 6.07) is 0. The molecule has 0 aromatic heterocycles. The Kier molecular flexibility index (Phi) is 3.77. The Bertz CT molecular complexity index is 216. The molecule has 0 amide bonds. The van der Waals surface area contributed by atoms with E-state index in [1.165, 1.54) is 0 Å². The molecule has 1 saturated heterocycles. The molecule has 1 atom stereocenters. The zero-order chi connectivity index (χ0) is 10.8. The molecule has 0 saturated carbocycles. The van der Waals surface area contributed by atoms with Gasteiger partial charge in [0.2, 0.25) is 0 Å². The van der Waals surface area contributed by atoms with Gasteiger partial charge in [0.15, 0.2) is 0 Å². The third-order valence-corrected chi connectivity index (χ3v) is 3.22. The molecule has 1 heterocycles. The number of hydrogen-bond acceptors (Lipinski definition) is 5. The quantitative estimate of drug-likeness (QED) is 0.697. The summed E-state index contributed by atoms with van der Waals surface area (Å²) < 4.78 is 28.3. The van der Waals surface area contributed by atoms with Crippen molar-refractivity contribution in [3.05, 3.63) is 0 Å². The maximum absolute atomic E-state index is 11.2. The number of rotatable bonds is 2. The summed E-state index contributed by atoms with van der Waals surface area (Å²) in [7, 11) is -2.98. The molecular weight excluding hydrogens is 208 g/mol. The van der Waals surface area contributed by atoms with Gasteiger partial charge in [-0.25, -0.2) is 0 Å². The number of carbonyl (C=O) groups is 1. The van der Waals surface area contributed by atoms with Gasteiger partial charge in [-0.05, 0) is 0 Å². The monoisotopic (exact) mass is 224 g/mol. The fraction of sp³-hybridized carbons (Fsp3) is 0.875. The highest BCUT2D eigenvalue weighted by Gasteiger charge is 2.31. The zero-order valence-electron chi connectivity index (χ0n) is 8.30. The van der Waals surface area contributed by atoms with Crippen molar-refractivity contribution in [3.8, 4) is 0 Å². The number of ether oxygens (including phenoxy) is 1. The van der Waals surface area contributed by atoms with Crippen LogP contribution in [0.5, 0.6) is 0 Å². The lowest BCUT2D eigenvalue weighted by molar-refractivity contribution is -0.152. The minimum absolute atomic E-state index is 0.00847. The molecule has 84 valence electrons. The molecule has 5 nitrogen and oxygen atoms in total. The van der Waals surface area contributed by atoms with Crippen LogP contribution in [0.25, 0.3) is 0 Å². The van der Waals surface area contributed by atoms with E-state index < -0.39 is 17.0 Å². The van der Waals surface area contributed by atoms with Gasteiger partial charge in [0.05, 0.1) is 29.1 Å². The minimum atomic E-state index is -2.98. The molecule has 14 heavy (non-hydrogen) atoms. The molecule has 1 rings (SSSR count). The van der Waals surface area contributed by atoms with Crippen molar-refractivity contribution in [1.29, 1.82) is 0 Å². The van der Waals surface area contributed by atoms with Crippen LogP contribution >= 0.6 is 10.9 Å². The predicted molar refractivity (Wildman–Crippen MR) is 53.0 cm³/mol. The highest BCUT2D eigenvalue weighted by atomic mass is 32.3. The molecular formula is C8H16O5S. The van der Waals surface area contributed by atoms with Gasteiger partial charge >= 0.3 is 5.97 Å². The van der Waals surface area contributed by atoms with Crippen LogP contribution < -0.4 is 0 Å². The van der Waals surface area contributed by atoms with Gasteiger partial charge in [-0.1, -0.05) is 13.8 Å². The Morgan fingerprint density at radius 2 is 2.21 bits per heavy atom. The lowest BCUT2D eigenvalue weighted by atomic mass is 10.2. The van der Waals surface area contributed by atoms with E-state index in [9.17, 15) is 13.9 Å². The summed E-state index contributed by atoms with van der Waals surface area (Å²) in [5.74, 6) is -0.516. The topological polar surface area (TPSA) is 76.0 Å². The van der Waals surface area contributed by atoms with Crippen molar-refractivity contribution in [2.75, 3.05) is 12.4 Å². The second-order valence-electron chi connectivity index (χ2n) is 3.60. The maximum Gasteiger partial charge on any atom is 0.308 e. The average molecular weight is 224 g/mol. The van der Waals surface area contributed by atoms with E-state index in [2.05, 4.69) is 0 Å². The van der Waals surface area contributed by atoms with Crippen LogP contribution in [0.4, 0.5) is 0 Å². The summed E-state index contributed by atoms with van der Waals surface area (Å²) in [6.45, 7) is 3.69. The van der Waals surface area contributed by atoms with Crippen molar-refractivity contribution in [2.24, 2.45) is 5.92 Å². The van der Waals surface area contributed by atoms with Crippen LogP contribution in [0, 0.1) is 5.92 Å².